The Labute approximate surface area is 87.2 Å². The highest BCUT2D eigenvalue weighted by atomic mass is 19.4. The van der Waals surface area contributed by atoms with E-state index in [9.17, 15) is 23.3 Å². The van der Waals surface area contributed by atoms with Crippen LogP contribution >= 0.6 is 0 Å². The first-order chi connectivity index (χ1) is 7.29. The third kappa shape index (κ3) is 3.30. The fourth-order valence-electron chi connectivity index (χ4n) is 0.904. The van der Waals surface area contributed by atoms with Gasteiger partial charge in [0, 0.05) is 0 Å². The van der Waals surface area contributed by atoms with Crippen LogP contribution in [-0.4, -0.2) is 22.8 Å². The van der Waals surface area contributed by atoms with Crippen LogP contribution in [0.1, 0.15) is 0 Å². The summed E-state index contributed by atoms with van der Waals surface area (Å²) in [5, 5.41) is 19.4. The van der Waals surface area contributed by atoms with E-state index in [1.165, 1.54) is 0 Å². The first-order valence-electron chi connectivity index (χ1n) is 3.96. The highest BCUT2D eigenvalue weighted by Crippen LogP contribution is 2.30. The van der Waals surface area contributed by atoms with E-state index in [-0.39, 0.29) is 5.75 Å². The molecule has 5 nitrogen and oxygen atoms in total. The fourth-order valence-corrected chi connectivity index (χ4v) is 0.904. The number of phenols is 1. The minimum atomic E-state index is -4.52. The average molecular weight is 237 g/mol. The molecule has 0 bridgehead atoms. The van der Waals surface area contributed by atoms with Crippen molar-refractivity contribution in [3.8, 4) is 11.5 Å². The number of benzene rings is 1. The summed E-state index contributed by atoms with van der Waals surface area (Å²) in [5.74, 6) is -0.966. The number of phenolic OH excluding ortho intramolecular Hbond substituents is 1. The molecule has 0 atom stereocenters. The molecule has 1 N–H and O–H groups in total. The first-order valence-corrected chi connectivity index (χ1v) is 3.96. The summed E-state index contributed by atoms with van der Waals surface area (Å²) in [6.07, 6.45) is -4.52. The van der Waals surface area contributed by atoms with Crippen molar-refractivity contribution in [2.24, 2.45) is 0 Å². The van der Waals surface area contributed by atoms with E-state index in [1.54, 1.807) is 0 Å². The molecule has 1 aromatic rings. The lowest BCUT2D eigenvalue weighted by atomic mass is 10.3. The van der Waals surface area contributed by atoms with Crippen molar-refractivity contribution in [1.82, 2.24) is 0 Å². The Morgan fingerprint density at radius 1 is 1.44 bits per heavy atom. The molecule has 0 aliphatic heterocycles. The lowest BCUT2D eigenvalue weighted by Crippen LogP contribution is -2.19. The number of aromatic hydroxyl groups is 1. The maximum Gasteiger partial charge on any atom is 0.422 e. The van der Waals surface area contributed by atoms with Crippen LogP contribution < -0.4 is 4.74 Å². The summed E-state index contributed by atoms with van der Waals surface area (Å²) in [6, 6.07) is 2.62. The molecule has 1 rings (SSSR count). The molecule has 0 aliphatic rings. The van der Waals surface area contributed by atoms with Gasteiger partial charge >= 0.3 is 11.9 Å². The van der Waals surface area contributed by atoms with E-state index in [4.69, 9.17) is 5.11 Å². The number of hydrogen-bond donors (Lipinski definition) is 1. The van der Waals surface area contributed by atoms with E-state index in [1.807, 2.05) is 0 Å². The summed E-state index contributed by atoms with van der Waals surface area (Å²) in [7, 11) is 0. The lowest BCUT2D eigenvalue weighted by Gasteiger charge is -2.08. The SMILES string of the molecule is O=[N+]([O-])c1cc(OCC(F)(F)F)ccc1O. The largest absolute Gasteiger partial charge is 0.502 e. The third-order valence-electron chi connectivity index (χ3n) is 1.55. The van der Waals surface area contributed by atoms with E-state index >= 15 is 0 Å². The molecule has 0 saturated carbocycles. The van der Waals surface area contributed by atoms with Gasteiger partial charge in [0.05, 0.1) is 11.0 Å². The van der Waals surface area contributed by atoms with Crippen LogP contribution in [0.5, 0.6) is 11.5 Å². The molecule has 0 spiro atoms. The third-order valence-corrected chi connectivity index (χ3v) is 1.55. The maximum atomic E-state index is 11.8. The van der Waals surface area contributed by atoms with Crippen LogP contribution in [0.15, 0.2) is 18.2 Å². The van der Waals surface area contributed by atoms with Crippen LogP contribution in [-0.2, 0) is 0 Å². The molecule has 16 heavy (non-hydrogen) atoms. The Morgan fingerprint density at radius 3 is 2.56 bits per heavy atom. The van der Waals surface area contributed by atoms with Gasteiger partial charge in [0.25, 0.3) is 0 Å². The van der Waals surface area contributed by atoms with Crippen LogP contribution in [0.4, 0.5) is 18.9 Å². The molecule has 88 valence electrons. The minimum absolute atomic E-state index is 0.332. The number of nitrogens with zero attached hydrogens (tertiary/aromatic N) is 1. The predicted molar refractivity (Wildman–Crippen MR) is 46.3 cm³/mol. The highest BCUT2D eigenvalue weighted by Gasteiger charge is 2.28. The van der Waals surface area contributed by atoms with Gasteiger partial charge in [-0.1, -0.05) is 0 Å². The van der Waals surface area contributed by atoms with Crippen LogP contribution in [0.2, 0.25) is 0 Å². The molecule has 0 radical (unpaired) electrons. The fraction of sp³-hybridized carbons (Fsp3) is 0.250. The number of alkyl halides is 3. The molecule has 0 unspecified atom stereocenters. The minimum Gasteiger partial charge on any atom is -0.502 e. The van der Waals surface area contributed by atoms with Crippen molar-refractivity contribution in [3.63, 3.8) is 0 Å². The molecule has 0 amide bonds. The molecule has 0 aromatic heterocycles. The van der Waals surface area contributed by atoms with Crippen molar-refractivity contribution < 1.29 is 27.9 Å². The van der Waals surface area contributed by atoms with Crippen molar-refractivity contribution >= 4 is 5.69 Å². The van der Waals surface area contributed by atoms with E-state index in [2.05, 4.69) is 4.74 Å². The van der Waals surface area contributed by atoms with Gasteiger partial charge < -0.3 is 9.84 Å². The van der Waals surface area contributed by atoms with Gasteiger partial charge in [-0.05, 0) is 12.1 Å². The van der Waals surface area contributed by atoms with Gasteiger partial charge in [-0.3, -0.25) is 10.1 Å². The average Bonchev–Trinajstić information content (AvgIpc) is 2.14. The standard InChI is InChI=1S/C8H6F3NO4/c9-8(10,11)4-16-5-1-2-7(13)6(3-5)12(14)15/h1-3,13H,4H2. The van der Waals surface area contributed by atoms with Crippen LogP contribution in [0.3, 0.4) is 0 Å². The molecule has 0 fully saturated rings. The van der Waals surface area contributed by atoms with Crippen molar-refractivity contribution in [2.75, 3.05) is 6.61 Å². The lowest BCUT2D eigenvalue weighted by molar-refractivity contribution is -0.386. The van der Waals surface area contributed by atoms with Gasteiger partial charge in [-0.25, -0.2) is 0 Å². The molecule has 0 heterocycles. The van der Waals surface area contributed by atoms with E-state index in [0.29, 0.717) is 0 Å². The molecule has 0 aliphatic carbocycles. The summed E-state index contributed by atoms with van der Waals surface area (Å²) >= 11 is 0. The summed E-state index contributed by atoms with van der Waals surface area (Å²) in [5.41, 5.74) is -0.709. The Bertz CT molecular complexity index is 405. The zero-order valence-electron chi connectivity index (χ0n) is 7.69. The second-order valence-corrected chi connectivity index (χ2v) is 2.81. The Hall–Kier alpha value is -1.99. The molecule has 8 heteroatoms. The number of halogens is 3. The summed E-state index contributed by atoms with van der Waals surface area (Å²) < 4.78 is 39.6. The molecular formula is C8H6F3NO4. The normalized spacial score (nSPS) is 11.2. The van der Waals surface area contributed by atoms with Crippen LogP contribution in [0, 0.1) is 10.1 Å². The summed E-state index contributed by atoms with van der Waals surface area (Å²) in [6.45, 7) is -1.55. The van der Waals surface area contributed by atoms with Gasteiger partial charge in [0.15, 0.2) is 12.4 Å². The Balaban J connectivity index is 2.83. The van der Waals surface area contributed by atoms with Gasteiger partial charge in [0.1, 0.15) is 5.75 Å². The Kier molecular flexibility index (Phi) is 3.21. The smallest absolute Gasteiger partial charge is 0.422 e. The number of ether oxygens (including phenoxy) is 1. The molecule has 0 saturated heterocycles. The van der Waals surface area contributed by atoms with Gasteiger partial charge in [0.2, 0.25) is 0 Å². The van der Waals surface area contributed by atoms with Crippen molar-refractivity contribution in [2.45, 2.75) is 6.18 Å². The second kappa shape index (κ2) is 4.25. The van der Waals surface area contributed by atoms with E-state index < -0.39 is 29.1 Å². The van der Waals surface area contributed by atoms with Crippen molar-refractivity contribution in [1.29, 1.82) is 0 Å². The molecule has 1 aromatic carbocycles. The van der Waals surface area contributed by atoms with Crippen molar-refractivity contribution in [3.05, 3.63) is 28.3 Å². The zero-order chi connectivity index (χ0) is 12.3. The van der Waals surface area contributed by atoms with Gasteiger partial charge in [-0.2, -0.15) is 13.2 Å². The zero-order valence-corrected chi connectivity index (χ0v) is 7.69. The number of hydrogen-bond acceptors (Lipinski definition) is 4. The monoisotopic (exact) mass is 237 g/mol. The first kappa shape index (κ1) is 12.1. The summed E-state index contributed by atoms with van der Waals surface area (Å²) in [4.78, 5) is 9.42. The topological polar surface area (TPSA) is 72.6 Å². The van der Waals surface area contributed by atoms with E-state index in [0.717, 1.165) is 18.2 Å². The highest BCUT2D eigenvalue weighted by molar-refractivity contribution is 5.49. The number of nitro benzene ring substituents is 1. The number of nitro groups is 1. The van der Waals surface area contributed by atoms with Gasteiger partial charge in [-0.15, -0.1) is 0 Å². The number of rotatable bonds is 3. The quantitative estimate of drug-likeness (QED) is 0.646. The molecular weight excluding hydrogens is 231 g/mol. The maximum absolute atomic E-state index is 11.8. The second-order valence-electron chi connectivity index (χ2n) is 2.81. The Morgan fingerprint density at radius 2 is 2.06 bits per heavy atom. The predicted octanol–water partition coefficient (Wildman–Crippen LogP) is 2.24. The van der Waals surface area contributed by atoms with Crippen LogP contribution in [0.25, 0.3) is 0 Å².